The zero-order chi connectivity index (χ0) is 4.83. The Balaban J connectivity index is 0. The van der Waals surface area contributed by atoms with Gasteiger partial charge in [-0.15, -0.1) is 0 Å². The first-order valence-electron chi connectivity index (χ1n) is 1.52. The van der Waals surface area contributed by atoms with E-state index in [4.69, 9.17) is 0 Å². The average molecular weight is 163 g/mol. The van der Waals surface area contributed by atoms with Gasteiger partial charge >= 0.3 is 0 Å². The SMILES string of the molecule is CSNC[C-]=O.[Ni]. The minimum absolute atomic E-state index is 0. The first-order valence-corrected chi connectivity index (χ1v) is 2.75. The van der Waals surface area contributed by atoms with Gasteiger partial charge in [-0.3, -0.25) is 4.72 Å². The van der Waals surface area contributed by atoms with Crippen molar-refractivity contribution in [2.45, 2.75) is 0 Å². The first-order chi connectivity index (χ1) is 2.91. The third-order valence-electron chi connectivity index (χ3n) is 0.289. The van der Waals surface area contributed by atoms with Gasteiger partial charge in [-0.1, -0.05) is 18.5 Å². The van der Waals surface area contributed by atoms with Crippen molar-refractivity contribution in [1.29, 1.82) is 0 Å². The van der Waals surface area contributed by atoms with Gasteiger partial charge in [0, 0.05) is 16.5 Å². The third kappa shape index (κ3) is 10.7. The van der Waals surface area contributed by atoms with Gasteiger partial charge in [0.1, 0.15) is 0 Å². The molecule has 0 heterocycles. The Kier molecular flexibility index (Phi) is 14.5. The fraction of sp³-hybridized carbons (Fsp3) is 0.667. The minimum atomic E-state index is 0. The summed E-state index contributed by atoms with van der Waals surface area (Å²) in [6.45, 7) is 0.321. The van der Waals surface area contributed by atoms with E-state index in [0.717, 1.165) is 0 Å². The number of hydrogen-bond donors (Lipinski definition) is 1. The van der Waals surface area contributed by atoms with E-state index in [9.17, 15) is 4.79 Å². The van der Waals surface area contributed by atoms with Crippen LogP contribution >= 0.6 is 11.9 Å². The molecule has 46 valence electrons. The Morgan fingerprint density at radius 3 is 2.57 bits per heavy atom. The van der Waals surface area contributed by atoms with Crippen LogP contribution in [-0.4, -0.2) is 19.1 Å². The molecule has 0 bridgehead atoms. The van der Waals surface area contributed by atoms with Crippen molar-refractivity contribution in [3.8, 4) is 0 Å². The molecule has 0 amide bonds. The van der Waals surface area contributed by atoms with Crippen molar-refractivity contribution in [1.82, 2.24) is 4.72 Å². The molecule has 0 unspecified atom stereocenters. The van der Waals surface area contributed by atoms with Gasteiger partial charge in [-0.2, -0.15) is 0 Å². The molecule has 0 radical (unpaired) electrons. The van der Waals surface area contributed by atoms with Gasteiger partial charge in [-0.05, 0) is 6.26 Å². The van der Waals surface area contributed by atoms with Gasteiger partial charge < -0.3 is 4.79 Å². The molecule has 2 nitrogen and oxygen atoms in total. The van der Waals surface area contributed by atoms with Crippen LogP contribution in [0.3, 0.4) is 0 Å². The van der Waals surface area contributed by atoms with Crippen LogP contribution in [-0.2, 0) is 21.3 Å². The molecule has 0 aliphatic heterocycles. The Morgan fingerprint density at radius 2 is 2.43 bits per heavy atom. The van der Waals surface area contributed by atoms with Crippen LogP contribution in [0, 0.1) is 0 Å². The van der Waals surface area contributed by atoms with E-state index in [-0.39, 0.29) is 16.5 Å². The third-order valence-corrected chi connectivity index (χ3v) is 0.722. The van der Waals surface area contributed by atoms with Crippen molar-refractivity contribution in [2.75, 3.05) is 12.8 Å². The fourth-order valence-corrected chi connectivity index (χ4v) is 0.305. The Morgan fingerprint density at radius 1 is 1.86 bits per heavy atom. The molecule has 0 saturated carbocycles. The molecule has 0 aromatic carbocycles. The molecule has 0 atom stereocenters. The molecular weight excluding hydrogens is 157 g/mol. The molecule has 0 aliphatic carbocycles. The summed E-state index contributed by atoms with van der Waals surface area (Å²) in [7, 11) is 0. The maximum absolute atomic E-state index is 9.36. The topological polar surface area (TPSA) is 29.1 Å². The summed E-state index contributed by atoms with van der Waals surface area (Å²) in [5.41, 5.74) is 0. The molecule has 7 heavy (non-hydrogen) atoms. The van der Waals surface area contributed by atoms with Crippen molar-refractivity contribution in [3.63, 3.8) is 0 Å². The summed E-state index contributed by atoms with van der Waals surface area (Å²) in [5.74, 6) is 0. The normalized spacial score (nSPS) is 7.00. The molecule has 0 aliphatic rings. The van der Waals surface area contributed by atoms with Crippen LogP contribution in [0.2, 0.25) is 0 Å². The van der Waals surface area contributed by atoms with Gasteiger partial charge in [0.15, 0.2) is 0 Å². The first kappa shape index (κ1) is 10.5. The molecule has 1 N–H and O–H groups in total. The predicted octanol–water partition coefficient (Wildman–Crippen LogP) is -0.0388. The predicted molar refractivity (Wildman–Crippen MR) is 27.2 cm³/mol. The summed E-state index contributed by atoms with van der Waals surface area (Å²) in [5, 5.41) is 0. The van der Waals surface area contributed by atoms with E-state index >= 15 is 0 Å². The molecular formula is C3H6NNiOS-. The minimum Gasteiger partial charge on any atom is -0.541 e. The van der Waals surface area contributed by atoms with Crippen molar-refractivity contribution < 1.29 is 21.3 Å². The molecule has 4 heteroatoms. The maximum Gasteiger partial charge on any atom is 0 e. The van der Waals surface area contributed by atoms with E-state index < -0.39 is 0 Å². The molecule has 0 spiro atoms. The summed E-state index contributed by atoms with van der Waals surface area (Å²) >= 11 is 1.41. The molecule has 0 saturated heterocycles. The van der Waals surface area contributed by atoms with Gasteiger partial charge in [0.25, 0.3) is 0 Å². The van der Waals surface area contributed by atoms with Gasteiger partial charge in [0.2, 0.25) is 0 Å². The average Bonchev–Trinajstić information content (AvgIpc) is 1.61. The molecule has 0 aromatic heterocycles. The van der Waals surface area contributed by atoms with Crippen LogP contribution in [0.1, 0.15) is 0 Å². The zero-order valence-electron chi connectivity index (χ0n) is 3.84. The second-order valence-electron chi connectivity index (χ2n) is 0.670. The Hall–Kier alpha value is 0.474. The molecule has 0 rings (SSSR count). The zero-order valence-corrected chi connectivity index (χ0v) is 5.64. The number of hydrogen-bond acceptors (Lipinski definition) is 3. The summed E-state index contributed by atoms with van der Waals surface area (Å²) in [6, 6.07) is 0. The van der Waals surface area contributed by atoms with E-state index in [2.05, 4.69) is 4.72 Å². The Bertz CT molecular complexity index is 43.9. The van der Waals surface area contributed by atoms with Crippen LogP contribution in [0.4, 0.5) is 0 Å². The van der Waals surface area contributed by atoms with Crippen LogP contribution in [0.15, 0.2) is 0 Å². The number of nitrogens with one attached hydrogen (secondary N) is 1. The van der Waals surface area contributed by atoms with Crippen molar-refractivity contribution in [2.24, 2.45) is 0 Å². The quantitative estimate of drug-likeness (QED) is 0.274. The van der Waals surface area contributed by atoms with Crippen LogP contribution in [0.25, 0.3) is 0 Å². The van der Waals surface area contributed by atoms with Crippen molar-refractivity contribution >= 4 is 18.2 Å². The second-order valence-corrected chi connectivity index (χ2v) is 1.37. The van der Waals surface area contributed by atoms with Crippen LogP contribution < -0.4 is 4.72 Å². The fourth-order valence-electron chi connectivity index (χ4n) is 0.102. The molecule has 0 fully saturated rings. The van der Waals surface area contributed by atoms with E-state index in [1.807, 2.05) is 6.26 Å². The number of rotatable bonds is 3. The number of carbonyl (C=O) groups excluding carboxylic acids is 1. The largest absolute Gasteiger partial charge is 0.541 e. The Labute approximate surface area is 57.5 Å². The van der Waals surface area contributed by atoms with E-state index in [1.54, 1.807) is 6.29 Å². The maximum atomic E-state index is 9.36. The summed E-state index contributed by atoms with van der Waals surface area (Å²) in [6.07, 6.45) is 3.55. The van der Waals surface area contributed by atoms with E-state index in [0.29, 0.717) is 6.54 Å². The second kappa shape index (κ2) is 9.69. The monoisotopic (exact) mass is 162 g/mol. The summed E-state index contributed by atoms with van der Waals surface area (Å²) in [4.78, 5) is 9.36. The van der Waals surface area contributed by atoms with E-state index in [1.165, 1.54) is 11.9 Å². The smallest absolute Gasteiger partial charge is 0 e. The van der Waals surface area contributed by atoms with Crippen molar-refractivity contribution in [3.05, 3.63) is 0 Å². The summed E-state index contributed by atoms with van der Waals surface area (Å²) < 4.78 is 2.69. The molecule has 0 aromatic rings. The standard InChI is InChI=1S/C3H6NOS.Ni/c1-6-4-2-3-5;/h4H,2H2,1H3;/q-1;. The van der Waals surface area contributed by atoms with Gasteiger partial charge in [0.05, 0.1) is 0 Å². The van der Waals surface area contributed by atoms with Crippen LogP contribution in [0.5, 0.6) is 0 Å². The van der Waals surface area contributed by atoms with Gasteiger partial charge in [-0.25, -0.2) is 6.29 Å².